The van der Waals surface area contributed by atoms with E-state index in [1.165, 1.54) is 17.7 Å². The van der Waals surface area contributed by atoms with E-state index in [9.17, 15) is 9.59 Å². The van der Waals surface area contributed by atoms with Crippen molar-refractivity contribution < 1.29 is 19.4 Å². The summed E-state index contributed by atoms with van der Waals surface area (Å²) < 4.78 is 5.39. The average molecular weight is 241 g/mol. The summed E-state index contributed by atoms with van der Waals surface area (Å²) in [5.74, 6) is -0.288. The molecular formula is C12H19NO4. The van der Waals surface area contributed by atoms with Crippen molar-refractivity contribution in [3.63, 3.8) is 0 Å². The highest BCUT2D eigenvalue weighted by Gasteiger charge is 2.33. The minimum Gasteiger partial charge on any atom is -0.480 e. The van der Waals surface area contributed by atoms with Crippen LogP contribution in [0, 0.1) is 5.92 Å². The summed E-state index contributed by atoms with van der Waals surface area (Å²) in [4.78, 5) is 24.2. The standard InChI is InChI=1S/C12H19NO4/c14-11(5-7-17-8-9-3-4-9)13-6-1-2-10(13)12(15)16/h9-10H,1-8H2,(H,15,16). The SMILES string of the molecule is O=C(O)C1CCCN1C(=O)CCOCC1CC1. The van der Waals surface area contributed by atoms with Gasteiger partial charge in [0.1, 0.15) is 6.04 Å². The molecule has 2 fully saturated rings. The number of rotatable bonds is 6. The van der Waals surface area contributed by atoms with Gasteiger partial charge in [-0.05, 0) is 31.6 Å². The van der Waals surface area contributed by atoms with Gasteiger partial charge in [0.2, 0.25) is 5.91 Å². The monoisotopic (exact) mass is 241 g/mol. The first-order valence-corrected chi connectivity index (χ1v) is 6.28. The van der Waals surface area contributed by atoms with Crippen molar-refractivity contribution in [2.45, 2.75) is 38.1 Å². The maximum atomic E-state index is 11.8. The second kappa shape index (κ2) is 5.49. The Morgan fingerprint density at radius 2 is 2.06 bits per heavy atom. The number of likely N-dealkylation sites (tertiary alicyclic amines) is 1. The first kappa shape index (κ1) is 12.4. The second-order valence-electron chi connectivity index (χ2n) is 4.85. The third kappa shape index (κ3) is 3.43. The lowest BCUT2D eigenvalue weighted by atomic mass is 10.2. The highest BCUT2D eigenvalue weighted by Crippen LogP contribution is 2.28. The van der Waals surface area contributed by atoms with E-state index >= 15 is 0 Å². The molecular weight excluding hydrogens is 222 g/mol. The molecule has 5 nitrogen and oxygen atoms in total. The van der Waals surface area contributed by atoms with Crippen molar-refractivity contribution in [2.24, 2.45) is 5.92 Å². The molecule has 1 heterocycles. The molecule has 2 rings (SSSR count). The number of aliphatic carboxylic acids is 1. The zero-order chi connectivity index (χ0) is 12.3. The van der Waals surface area contributed by atoms with Crippen LogP contribution in [0.15, 0.2) is 0 Å². The Morgan fingerprint density at radius 1 is 1.29 bits per heavy atom. The molecule has 0 aromatic carbocycles. The fraction of sp³-hybridized carbons (Fsp3) is 0.833. The maximum absolute atomic E-state index is 11.8. The molecule has 1 aliphatic carbocycles. The van der Waals surface area contributed by atoms with Crippen molar-refractivity contribution in [3.8, 4) is 0 Å². The summed E-state index contributed by atoms with van der Waals surface area (Å²) in [6.07, 6.45) is 4.13. The number of carboxylic acid groups (broad SMARTS) is 1. The molecule has 96 valence electrons. The Bertz CT molecular complexity index is 301. The zero-order valence-corrected chi connectivity index (χ0v) is 9.93. The highest BCUT2D eigenvalue weighted by atomic mass is 16.5. The van der Waals surface area contributed by atoms with Crippen LogP contribution in [0.4, 0.5) is 0 Å². The fourth-order valence-corrected chi connectivity index (χ4v) is 2.16. The number of carbonyl (C=O) groups excluding carboxylic acids is 1. The van der Waals surface area contributed by atoms with E-state index in [0.29, 0.717) is 31.9 Å². The van der Waals surface area contributed by atoms with Gasteiger partial charge in [-0.2, -0.15) is 0 Å². The predicted octanol–water partition coefficient (Wildman–Crippen LogP) is 0.879. The predicted molar refractivity (Wildman–Crippen MR) is 60.5 cm³/mol. The van der Waals surface area contributed by atoms with Gasteiger partial charge >= 0.3 is 5.97 Å². The summed E-state index contributed by atoms with van der Waals surface area (Å²) >= 11 is 0. The van der Waals surface area contributed by atoms with Gasteiger partial charge in [0, 0.05) is 13.2 Å². The highest BCUT2D eigenvalue weighted by molar-refractivity contribution is 5.84. The number of nitrogens with zero attached hydrogens (tertiary/aromatic N) is 1. The molecule has 2 aliphatic rings. The lowest BCUT2D eigenvalue weighted by Crippen LogP contribution is -2.40. The number of hydrogen-bond donors (Lipinski definition) is 1. The molecule has 1 amide bonds. The number of ether oxygens (including phenoxy) is 1. The van der Waals surface area contributed by atoms with Gasteiger partial charge in [-0.15, -0.1) is 0 Å². The van der Waals surface area contributed by atoms with E-state index in [4.69, 9.17) is 9.84 Å². The molecule has 1 atom stereocenters. The molecule has 0 spiro atoms. The van der Waals surface area contributed by atoms with Crippen molar-refractivity contribution in [1.82, 2.24) is 4.90 Å². The van der Waals surface area contributed by atoms with Crippen LogP contribution in [0.25, 0.3) is 0 Å². The van der Waals surface area contributed by atoms with Gasteiger partial charge in [0.05, 0.1) is 13.0 Å². The molecule has 0 radical (unpaired) electrons. The first-order chi connectivity index (χ1) is 8.18. The molecule has 1 unspecified atom stereocenters. The van der Waals surface area contributed by atoms with Gasteiger partial charge in [0.15, 0.2) is 0 Å². The van der Waals surface area contributed by atoms with E-state index in [1.807, 2.05) is 0 Å². The largest absolute Gasteiger partial charge is 0.480 e. The Kier molecular flexibility index (Phi) is 3.99. The Morgan fingerprint density at radius 3 is 2.71 bits per heavy atom. The van der Waals surface area contributed by atoms with E-state index in [2.05, 4.69) is 0 Å². The van der Waals surface area contributed by atoms with Gasteiger partial charge in [0.25, 0.3) is 0 Å². The van der Waals surface area contributed by atoms with Crippen LogP contribution < -0.4 is 0 Å². The zero-order valence-electron chi connectivity index (χ0n) is 9.93. The first-order valence-electron chi connectivity index (χ1n) is 6.28. The molecule has 5 heteroatoms. The van der Waals surface area contributed by atoms with Crippen LogP contribution >= 0.6 is 0 Å². The number of amides is 1. The summed E-state index contributed by atoms with van der Waals surface area (Å²) in [5.41, 5.74) is 0. The van der Waals surface area contributed by atoms with Crippen LogP contribution in [0.3, 0.4) is 0 Å². The summed E-state index contributed by atoms with van der Waals surface area (Å²) in [6.45, 7) is 1.73. The molecule has 0 aromatic heterocycles. The quantitative estimate of drug-likeness (QED) is 0.701. The Balaban J connectivity index is 1.68. The molecule has 17 heavy (non-hydrogen) atoms. The van der Waals surface area contributed by atoms with Crippen LogP contribution in [-0.4, -0.2) is 47.7 Å². The summed E-state index contributed by atoms with van der Waals surface area (Å²) in [5, 5.41) is 8.96. The van der Waals surface area contributed by atoms with E-state index in [-0.39, 0.29) is 5.91 Å². The van der Waals surface area contributed by atoms with E-state index < -0.39 is 12.0 Å². The molecule has 1 aliphatic heterocycles. The van der Waals surface area contributed by atoms with Crippen LogP contribution in [0.1, 0.15) is 32.1 Å². The van der Waals surface area contributed by atoms with Gasteiger partial charge in [-0.1, -0.05) is 0 Å². The van der Waals surface area contributed by atoms with Crippen molar-refractivity contribution in [1.29, 1.82) is 0 Å². The summed E-state index contributed by atoms with van der Waals surface area (Å²) in [6, 6.07) is -0.620. The van der Waals surface area contributed by atoms with Gasteiger partial charge < -0.3 is 14.7 Å². The Labute approximate surface area is 101 Å². The van der Waals surface area contributed by atoms with Gasteiger partial charge in [-0.25, -0.2) is 4.79 Å². The average Bonchev–Trinajstić information content (AvgIpc) is 2.97. The molecule has 0 aromatic rings. The third-order valence-electron chi connectivity index (χ3n) is 3.37. The van der Waals surface area contributed by atoms with Gasteiger partial charge in [-0.3, -0.25) is 4.79 Å². The summed E-state index contributed by atoms with van der Waals surface area (Å²) in [7, 11) is 0. The smallest absolute Gasteiger partial charge is 0.326 e. The van der Waals surface area contributed by atoms with Crippen molar-refractivity contribution >= 4 is 11.9 Å². The van der Waals surface area contributed by atoms with Crippen molar-refractivity contribution in [3.05, 3.63) is 0 Å². The van der Waals surface area contributed by atoms with Crippen LogP contribution in [0.5, 0.6) is 0 Å². The lowest BCUT2D eigenvalue weighted by Gasteiger charge is -2.21. The minimum atomic E-state index is -0.894. The number of carbonyl (C=O) groups is 2. The van der Waals surface area contributed by atoms with Crippen LogP contribution in [0.2, 0.25) is 0 Å². The second-order valence-corrected chi connectivity index (χ2v) is 4.85. The third-order valence-corrected chi connectivity index (χ3v) is 3.37. The fourth-order valence-electron chi connectivity index (χ4n) is 2.16. The Hall–Kier alpha value is -1.10. The number of carboxylic acids is 1. The molecule has 0 bridgehead atoms. The number of hydrogen-bond acceptors (Lipinski definition) is 3. The van der Waals surface area contributed by atoms with E-state index in [1.54, 1.807) is 0 Å². The molecule has 1 saturated heterocycles. The topological polar surface area (TPSA) is 66.8 Å². The molecule has 1 saturated carbocycles. The minimum absolute atomic E-state index is 0.0919. The van der Waals surface area contributed by atoms with Crippen molar-refractivity contribution in [2.75, 3.05) is 19.8 Å². The maximum Gasteiger partial charge on any atom is 0.326 e. The molecule has 1 N–H and O–H groups in total. The lowest BCUT2D eigenvalue weighted by molar-refractivity contribution is -0.148. The normalized spacial score (nSPS) is 24.0. The van der Waals surface area contributed by atoms with Crippen LogP contribution in [-0.2, 0) is 14.3 Å². The van der Waals surface area contributed by atoms with E-state index in [0.717, 1.165) is 13.0 Å².